The van der Waals surface area contributed by atoms with Crippen molar-refractivity contribution in [3.8, 4) is 12.1 Å². The van der Waals surface area contributed by atoms with Crippen LogP contribution in [0.3, 0.4) is 0 Å². The SMILES string of the molecule is CC(=O)Nc1nc(C#N)[nH]c1C#N. The lowest BCUT2D eigenvalue weighted by atomic mass is 10.4. The van der Waals surface area contributed by atoms with Gasteiger partial charge in [0.1, 0.15) is 12.1 Å². The van der Waals surface area contributed by atoms with Gasteiger partial charge < -0.3 is 10.3 Å². The maximum Gasteiger partial charge on any atom is 0.222 e. The van der Waals surface area contributed by atoms with Gasteiger partial charge in [-0.1, -0.05) is 0 Å². The van der Waals surface area contributed by atoms with Crippen molar-refractivity contribution in [2.45, 2.75) is 6.92 Å². The molecule has 0 radical (unpaired) electrons. The lowest BCUT2D eigenvalue weighted by Crippen LogP contribution is -2.07. The first kappa shape index (κ1) is 8.75. The first-order chi connectivity index (χ1) is 6.17. The molecule has 2 N–H and O–H groups in total. The van der Waals surface area contributed by atoms with Crippen molar-refractivity contribution >= 4 is 11.7 Å². The predicted molar refractivity (Wildman–Crippen MR) is 42.3 cm³/mol. The molecule has 1 aromatic rings. The maximum absolute atomic E-state index is 10.6. The van der Waals surface area contributed by atoms with Crippen LogP contribution in [0.4, 0.5) is 5.82 Å². The molecule has 0 atom stereocenters. The fourth-order valence-electron chi connectivity index (χ4n) is 0.764. The average molecular weight is 175 g/mol. The van der Waals surface area contributed by atoms with Gasteiger partial charge in [-0.05, 0) is 0 Å². The molecular weight excluding hydrogens is 170 g/mol. The zero-order valence-electron chi connectivity index (χ0n) is 6.75. The summed E-state index contributed by atoms with van der Waals surface area (Å²) in [7, 11) is 0. The van der Waals surface area contributed by atoms with Gasteiger partial charge in [0.05, 0.1) is 0 Å². The third kappa shape index (κ3) is 1.82. The van der Waals surface area contributed by atoms with Crippen LogP contribution >= 0.6 is 0 Å². The lowest BCUT2D eigenvalue weighted by Gasteiger charge is -1.94. The molecule has 0 saturated heterocycles. The number of carbonyl (C=O) groups is 1. The summed E-state index contributed by atoms with van der Waals surface area (Å²) in [6.07, 6.45) is 0. The number of nitrogens with zero attached hydrogens (tertiary/aromatic N) is 3. The van der Waals surface area contributed by atoms with Crippen molar-refractivity contribution < 1.29 is 4.79 Å². The van der Waals surface area contributed by atoms with Gasteiger partial charge in [0.15, 0.2) is 11.5 Å². The van der Waals surface area contributed by atoms with E-state index in [2.05, 4.69) is 15.3 Å². The van der Waals surface area contributed by atoms with Gasteiger partial charge in [-0.2, -0.15) is 10.5 Å². The van der Waals surface area contributed by atoms with Crippen LogP contribution in [0.5, 0.6) is 0 Å². The number of nitrogens with one attached hydrogen (secondary N) is 2. The van der Waals surface area contributed by atoms with Crippen LogP contribution in [0, 0.1) is 22.7 Å². The Morgan fingerprint density at radius 3 is 2.69 bits per heavy atom. The Bertz CT molecular complexity index is 419. The number of aromatic amines is 1. The van der Waals surface area contributed by atoms with E-state index in [-0.39, 0.29) is 23.2 Å². The van der Waals surface area contributed by atoms with Crippen LogP contribution in [0.1, 0.15) is 18.4 Å². The summed E-state index contributed by atoms with van der Waals surface area (Å²) in [6, 6.07) is 3.50. The van der Waals surface area contributed by atoms with Crippen molar-refractivity contribution in [1.82, 2.24) is 9.97 Å². The second kappa shape index (κ2) is 3.37. The Morgan fingerprint density at radius 1 is 1.54 bits per heavy atom. The number of carbonyl (C=O) groups excluding carboxylic acids is 1. The van der Waals surface area contributed by atoms with Crippen LogP contribution in [-0.2, 0) is 4.79 Å². The molecule has 0 aliphatic carbocycles. The van der Waals surface area contributed by atoms with Gasteiger partial charge in [-0.15, -0.1) is 0 Å². The molecule has 0 aliphatic heterocycles. The Hall–Kier alpha value is -2.34. The number of H-pyrrole nitrogens is 1. The summed E-state index contributed by atoms with van der Waals surface area (Å²) in [5.74, 6) is -0.251. The molecule has 0 fully saturated rings. The van der Waals surface area contributed by atoms with Crippen LogP contribution < -0.4 is 5.32 Å². The first-order valence-electron chi connectivity index (χ1n) is 3.35. The zero-order chi connectivity index (χ0) is 9.84. The van der Waals surface area contributed by atoms with E-state index in [1.54, 1.807) is 12.1 Å². The third-order valence-electron chi connectivity index (χ3n) is 1.22. The molecular formula is C7H5N5O. The summed E-state index contributed by atoms with van der Waals surface area (Å²) in [6.45, 7) is 1.29. The van der Waals surface area contributed by atoms with E-state index in [9.17, 15) is 4.79 Å². The van der Waals surface area contributed by atoms with Gasteiger partial charge in [0, 0.05) is 6.92 Å². The molecule has 0 spiro atoms. The minimum atomic E-state index is -0.340. The molecule has 0 aromatic carbocycles. The highest BCUT2D eigenvalue weighted by atomic mass is 16.1. The Morgan fingerprint density at radius 2 is 2.23 bits per heavy atom. The standard InChI is InChI=1S/C7H5N5O/c1-4(13)10-7-5(2-8)11-6(3-9)12-7/h1H3,(H,10,13)(H,11,12). The quantitative estimate of drug-likeness (QED) is 0.631. The Kier molecular flexibility index (Phi) is 2.27. The van der Waals surface area contributed by atoms with E-state index in [1.165, 1.54) is 6.92 Å². The van der Waals surface area contributed by atoms with E-state index in [0.717, 1.165) is 0 Å². The first-order valence-corrected chi connectivity index (χ1v) is 3.35. The van der Waals surface area contributed by atoms with Crippen molar-refractivity contribution in [3.63, 3.8) is 0 Å². The van der Waals surface area contributed by atoms with Crippen LogP contribution in [0.2, 0.25) is 0 Å². The summed E-state index contributed by atoms with van der Waals surface area (Å²) in [4.78, 5) is 16.7. The number of imidazole rings is 1. The fourth-order valence-corrected chi connectivity index (χ4v) is 0.764. The molecule has 0 unspecified atom stereocenters. The van der Waals surface area contributed by atoms with Crippen LogP contribution in [0.15, 0.2) is 0 Å². The van der Waals surface area contributed by atoms with Gasteiger partial charge in [0.25, 0.3) is 0 Å². The van der Waals surface area contributed by atoms with Crippen LogP contribution in [-0.4, -0.2) is 15.9 Å². The second-order valence-corrected chi connectivity index (χ2v) is 2.21. The number of aromatic nitrogens is 2. The van der Waals surface area contributed by atoms with E-state index >= 15 is 0 Å². The average Bonchev–Trinajstić information content (AvgIpc) is 2.46. The molecule has 1 heterocycles. The predicted octanol–water partition coefficient (Wildman–Crippen LogP) is 0.111. The van der Waals surface area contributed by atoms with Gasteiger partial charge in [-0.3, -0.25) is 4.79 Å². The molecule has 1 aromatic heterocycles. The van der Waals surface area contributed by atoms with Crippen molar-refractivity contribution in [3.05, 3.63) is 11.5 Å². The Balaban J connectivity index is 3.07. The molecule has 13 heavy (non-hydrogen) atoms. The van der Waals surface area contributed by atoms with E-state index in [0.29, 0.717) is 0 Å². The number of amides is 1. The highest BCUT2D eigenvalue weighted by Gasteiger charge is 2.09. The third-order valence-corrected chi connectivity index (χ3v) is 1.22. The minimum absolute atomic E-state index is 0.000278. The molecule has 6 heteroatoms. The monoisotopic (exact) mass is 175 g/mol. The smallest absolute Gasteiger partial charge is 0.222 e. The van der Waals surface area contributed by atoms with Gasteiger partial charge in [0.2, 0.25) is 11.7 Å². The summed E-state index contributed by atoms with van der Waals surface area (Å²) < 4.78 is 0. The molecule has 0 bridgehead atoms. The zero-order valence-corrected chi connectivity index (χ0v) is 6.75. The largest absolute Gasteiger partial charge is 0.319 e. The minimum Gasteiger partial charge on any atom is -0.319 e. The van der Waals surface area contributed by atoms with E-state index in [1.807, 2.05) is 0 Å². The summed E-state index contributed by atoms with van der Waals surface area (Å²) in [5.41, 5.74) is 0.0757. The van der Waals surface area contributed by atoms with Gasteiger partial charge in [-0.25, -0.2) is 4.98 Å². The fraction of sp³-hybridized carbons (Fsp3) is 0.143. The molecule has 1 amide bonds. The van der Waals surface area contributed by atoms with E-state index in [4.69, 9.17) is 10.5 Å². The van der Waals surface area contributed by atoms with Crippen molar-refractivity contribution in [1.29, 1.82) is 10.5 Å². The summed E-state index contributed by atoms with van der Waals surface area (Å²) >= 11 is 0. The van der Waals surface area contributed by atoms with Crippen molar-refractivity contribution in [2.24, 2.45) is 0 Å². The number of rotatable bonds is 1. The molecule has 0 aliphatic rings. The number of nitriles is 2. The van der Waals surface area contributed by atoms with E-state index < -0.39 is 0 Å². The molecule has 1 rings (SSSR count). The van der Waals surface area contributed by atoms with Crippen LogP contribution in [0.25, 0.3) is 0 Å². The number of hydrogen-bond acceptors (Lipinski definition) is 4. The lowest BCUT2D eigenvalue weighted by molar-refractivity contribution is -0.114. The normalized spacial score (nSPS) is 8.54. The molecule has 0 saturated carbocycles. The number of anilines is 1. The number of hydrogen-bond donors (Lipinski definition) is 2. The van der Waals surface area contributed by atoms with Gasteiger partial charge >= 0.3 is 0 Å². The molecule has 64 valence electrons. The second-order valence-electron chi connectivity index (χ2n) is 2.21. The summed E-state index contributed by atoms with van der Waals surface area (Å²) in [5, 5.41) is 19.3. The maximum atomic E-state index is 10.6. The van der Waals surface area contributed by atoms with Crippen molar-refractivity contribution in [2.75, 3.05) is 5.32 Å². The highest BCUT2D eigenvalue weighted by Crippen LogP contribution is 2.09. The Labute approximate surface area is 73.8 Å². The topological polar surface area (TPSA) is 105 Å². The molecule has 6 nitrogen and oxygen atoms in total. The highest BCUT2D eigenvalue weighted by molar-refractivity contribution is 5.88.